The first-order chi connectivity index (χ1) is 13.6. The average Bonchev–Trinajstić information content (AvgIpc) is 2.73. The van der Waals surface area contributed by atoms with Crippen molar-refractivity contribution in [1.29, 1.82) is 0 Å². The third-order valence-electron chi connectivity index (χ3n) is 6.11. The van der Waals surface area contributed by atoms with Crippen LogP contribution in [0.5, 0.6) is 0 Å². The molecule has 154 valence electrons. The molecule has 1 N–H and O–H groups in total. The molecule has 0 radical (unpaired) electrons. The zero-order valence-corrected chi connectivity index (χ0v) is 17.1. The number of nitrogens with one attached hydrogen (secondary N) is 1. The molecule has 1 heterocycles. The van der Waals surface area contributed by atoms with Crippen molar-refractivity contribution < 1.29 is 14.3 Å². The molecule has 2 fully saturated rings. The standard InChI is InChI=1S/C23H34N2O3/c1-18-8-5-6-12-21(18)28-15-13-24-23(27)20-11-7-14-25(17-20)22(26)16-19-9-3-2-4-10-19/h2-4,9-10,18,20-21H,5-8,11-17H2,1H3,(H,24,27)/t18-,20-,21+/m1/s1. The zero-order valence-electron chi connectivity index (χ0n) is 17.1. The van der Waals surface area contributed by atoms with Gasteiger partial charge in [-0.2, -0.15) is 0 Å². The maximum Gasteiger partial charge on any atom is 0.227 e. The number of piperidine rings is 1. The summed E-state index contributed by atoms with van der Waals surface area (Å²) in [5.41, 5.74) is 1.02. The second kappa shape index (κ2) is 10.6. The minimum atomic E-state index is -0.109. The van der Waals surface area contributed by atoms with E-state index in [9.17, 15) is 9.59 Å². The van der Waals surface area contributed by atoms with Gasteiger partial charge >= 0.3 is 0 Å². The maximum absolute atomic E-state index is 12.6. The molecule has 1 saturated carbocycles. The average molecular weight is 387 g/mol. The second-order valence-electron chi connectivity index (χ2n) is 8.30. The molecule has 2 amide bonds. The molecule has 0 aromatic heterocycles. The van der Waals surface area contributed by atoms with Gasteiger partial charge in [0.15, 0.2) is 0 Å². The molecule has 28 heavy (non-hydrogen) atoms. The normalized spacial score (nSPS) is 25.3. The van der Waals surface area contributed by atoms with E-state index >= 15 is 0 Å². The highest BCUT2D eigenvalue weighted by molar-refractivity contribution is 5.82. The molecule has 3 atom stereocenters. The van der Waals surface area contributed by atoms with Crippen LogP contribution in [0, 0.1) is 11.8 Å². The lowest BCUT2D eigenvalue weighted by Gasteiger charge is -2.32. The van der Waals surface area contributed by atoms with Crippen LogP contribution in [0.4, 0.5) is 0 Å². The molecule has 1 saturated heterocycles. The van der Waals surface area contributed by atoms with Crippen LogP contribution in [-0.4, -0.2) is 49.1 Å². The molecule has 3 rings (SSSR count). The van der Waals surface area contributed by atoms with E-state index in [1.807, 2.05) is 35.2 Å². The third kappa shape index (κ3) is 6.06. The minimum absolute atomic E-state index is 0.0532. The summed E-state index contributed by atoms with van der Waals surface area (Å²) in [7, 11) is 0. The first kappa shape index (κ1) is 20.8. The number of amides is 2. The van der Waals surface area contributed by atoms with Crippen molar-refractivity contribution >= 4 is 11.8 Å². The largest absolute Gasteiger partial charge is 0.376 e. The number of carbonyl (C=O) groups excluding carboxylic acids is 2. The Bertz CT molecular complexity index is 634. The molecule has 1 aromatic carbocycles. The predicted octanol–water partition coefficient (Wildman–Crippen LogP) is 3.18. The van der Waals surface area contributed by atoms with Crippen molar-refractivity contribution in [2.75, 3.05) is 26.2 Å². The topological polar surface area (TPSA) is 58.6 Å². The Hall–Kier alpha value is -1.88. The number of ether oxygens (including phenoxy) is 1. The number of carbonyl (C=O) groups is 2. The number of likely N-dealkylation sites (tertiary alicyclic amines) is 1. The van der Waals surface area contributed by atoms with Gasteiger partial charge in [0.25, 0.3) is 0 Å². The van der Waals surface area contributed by atoms with Crippen LogP contribution >= 0.6 is 0 Å². The fourth-order valence-electron chi connectivity index (χ4n) is 4.36. The quantitative estimate of drug-likeness (QED) is 0.732. The Morgan fingerprint density at radius 1 is 1.11 bits per heavy atom. The predicted molar refractivity (Wildman–Crippen MR) is 110 cm³/mol. The third-order valence-corrected chi connectivity index (χ3v) is 6.11. The van der Waals surface area contributed by atoms with E-state index in [0.717, 1.165) is 31.4 Å². The number of nitrogens with zero attached hydrogens (tertiary/aromatic N) is 1. The van der Waals surface area contributed by atoms with Crippen LogP contribution in [0.1, 0.15) is 51.0 Å². The summed E-state index contributed by atoms with van der Waals surface area (Å²) in [6.07, 6.45) is 7.40. The molecule has 5 heteroatoms. The van der Waals surface area contributed by atoms with Crippen molar-refractivity contribution in [2.24, 2.45) is 11.8 Å². The van der Waals surface area contributed by atoms with Gasteiger partial charge in [-0.3, -0.25) is 9.59 Å². The van der Waals surface area contributed by atoms with Gasteiger partial charge in [0.1, 0.15) is 0 Å². The second-order valence-corrected chi connectivity index (χ2v) is 8.30. The maximum atomic E-state index is 12.6. The van der Waals surface area contributed by atoms with E-state index in [0.29, 0.717) is 38.1 Å². The van der Waals surface area contributed by atoms with Crippen molar-refractivity contribution in [1.82, 2.24) is 10.2 Å². The van der Waals surface area contributed by atoms with Gasteiger partial charge in [0.05, 0.1) is 25.0 Å². The lowest BCUT2D eigenvalue weighted by atomic mass is 9.88. The first-order valence-electron chi connectivity index (χ1n) is 10.8. The summed E-state index contributed by atoms with van der Waals surface area (Å²) in [5, 5.41) is 3.01. The van der Waals surface area contributed by atoms with Gasteiger partial charge in [-0.25, -0.2) is 0 Å². The van der Waals surface area contributed by atoms with Crippen molar-refractivity contribution in [3.63, 3.8) is 0 Å². The highest BCUT2D eigenvalue weighted by Crippen LogP contribution is 2.26. The monoisotopic (exact) mass is 386 g/mol. The van der Waals surface area contributed by atoms with Crippen LogP contribution in [0.2, 0.25) is 0 Å². The Morgan fingerprint density at radius 3 is 2.68 bits per heavy atom. The molecule has 0 bridgehead atoms. The van der Waals surface area contributed by atoms with E-state index in [2.05, 4.69) is 12.2 Å². The molecular formula is C23H34N2O3. The minimum Gasteiger partial charge on any atom is -0.376 e. The molecule has 0 spiro atoms. The van der Waals surface area contributed by atoms with Gasteiger partial charge in [-0.05, 0) is 37.2 Å². The van der Waals surface area contributed by atoms with E-state index in [-0.39, 0.29) is 17.7 Å². The van der Waals surface area contributed by atoms with E-state index in [1.165, 1.54) is 19.3 Å². The SMILES string of the molecule is C[C@@H]1CCCC[C@@H]1OCCNC(=O)[C@@H]1CCCN(C(=O)Cc2ccccc2)C1. The summed E-state index contributed by atoms with van der Waals surface area (Å²) < 4.78 is 5.98. The van der Waals surface area contributed by atoms with E-state index < -0.39 is 0 Å². The van der Waals surface area contributed by atoms with Crippen LogP contribution in [0.25, 0.3) is 0 Å². The molecule has 1 aliphatic heterocycles. The number of hydrogen-bond donors (Lipinski definition) is 1. The van der Waals surface area contributed by atoms with Crippen molar-refractivity contribution in [2.45, 2.75) is 58.0 Å². The van der Waals surface area contributed by atoms with Crippen LogP contribution in [0.15, 0.2) is 30.3 Å². The highest BCUT2D eigenvalue weighted by atomic mass is 16.5. The summed E-state index contributed by atoms with van der Waals surface area (Å²) in [5.74, 6) is 0.671. The zero-order chi connectivity index (χ0) is 19.8. The van der Waals surface area contributed by atoms with Gasteiger partial charge in [0, 0.05) is 19.6 Å². The van der Waals surface area contributed by atoms with Gasteiger partial charge in [-0.15, -0.1) is 0 Å². The number of rotatable bonds is 7. The Kier molecular flexibility index (Phi) is 7.90. The van der Waals surface area contributed by atoms with E-state index in [1.54, 1.807) is 0 Å². The molecule has 5 nitrogen and oxygen atoms in total. The lowest BCUT2D eigenvalue weighted by molar-refractivity contribution is -0.135. The Labute approximate surface area is 168 Å². The summed E-state index contributed by atoms with van der Waals surface area (Å²) in [6.45, 7) is 4.66. The fraction of sp³-hybridized carbons (Fsp3) is 0.652. The highest BCUT2D eigenvalue weighted by Gasteiger charge is 2.28. The van der Waals surface area contributed by atoms with Gasteiger partial charge in [0.2, 0.25) is 11.8 Å². The summed E-state index contributed by atoms with van der Waals surface area (Å²) >= 11 is 0. The fourth-order valence-corrected chi connectivity index (χ4v) is 4.36. The van der Waals surface area contributed by atoms with Crippen molar-refractivity contribution in [3.8, 4) is 0 Å². The van der Waals surface area contributed by atoms with Crippen molar-refractivity contribution in [3.05, 3.63) is 35.9 Å². The lowest BCUT2D eigenvalue weighted by Crippen LogP contribution is -2.46. The van der Waals surface area contributed by atoms with E-state index in [4.69, 9.17) is 4.74 Å². The number of hydrogen-bond acceptors (Lipinski definition) is 3. The summed E-state index contributed by atoms with van der Waals surface area (Å²) in [4.78, 5) is 27.0. The molecule has 1 aromatic rings. The molecule has 0 unspecified atom stereocenters. The van der Waals surface area contributed by atoms with Crippen LogP contribution < -0.4 is 5.32 Å². The van der Waals surface area contributed by atoms with Crippen LogP contribution in [0.3, 0.4) is 0 Å². The summed E-state index contributed by atoms with van der Waals surface area (Å²) in [6, 6.07) is 9.79. The molecule has 2 aliphatic rings. The Morgan fingerprint density at radius 2 is 1.89 bits per heavy atom. The van der Waals surface area contributed by atoms with Crippen LogP contribution in [-0.2, 0) is 20.7 Å². The van der Waals surface area contributed by atoms with Gasteiger partial charge < -0.3 is 15.0 Å². The molecular weight excluding hydrogens is 352 g/mol. The van der Waals surface area contributed by atoms with Gasteiger partial charge in [-0.1, -0.05) is 50.1 Å². The molecule has 1 aliphatic carbocycles. The smallest absolute Gasteiger partial charge is 0.227 e. The Balaban J connectivity index is 1.38. The number of benzene rings is 1. The first-order valence-corrected chi connectivity index (χ1v) is 10.8.